The van der Waals surface area contributed by atoms with Crippen LogP contribution in [0.3, 0.4) is 0 Å². The first-order valence-corrected chi connectivity index (χ1v) is 7.32. The molecule has 2 atom stereocenters. The van der Waals surface area contributed by atoms with Gasteiger partial charge in [0.1, 0.15) is 23.9 Å². The van der Waals surface area contributed by atoms with Crippen LogP contribution < -0.4 is 10.1 Å². The zero-order valence-corrected chi connectivity index (χ0v) is 12.6. The van der Waals surface area contributed by atoms with E-state index in [1.165, 1.54) is 0 Å². The van der Waals surface area contributed by atoms with Crippen molar-refractivity contribution in [3.8, 4) is 5.75 Å². The third kappa shape index (κ3) is 2.07. The van der Waals surface area contributed by atoms with Crippen LogP contribution in [0, 0.1) is 0 Å². The van der Waals surface area contributed by atoms with Crippen LogP contribution in [0.5, 0.6) is 5.75 Å². The minimum absolute atomic E-state index is 0.0562. The lowest BCUT2D eigenvalue weighted by molar-refractivity contribution is -0.157. The molecular formula is C16H20N2O3. The highest BCUT2D eigenvalue weighted by atomic mass is 16.5. The molecular weight excluding hydrogens is 268 g/mol. The summed E-state index contributed by atoms with van der Waals surface area (Å²) < 4.78 is 5.68. The molecule has 0 saturated carbocycles. The summed E-state index contributed by atoms with van der Waals surface area (Å²) in [6.07, 6.45) is 0.590. The van der Waals surface area contributed by atoms with Crippen LogP contribution >= 0.6 is 0 Å². The van der Waals surface area contributed by atoms with E-state index in [2.05, 4.69) is 5.32 Å². The number of hydrogen-bond donors (Lipinski definition) is 1. The zero-order chi connectivity index (χ0) is 15.2. The Morgan fingerprint density at radius 3 is 2.76 bits per heavy atom. The molecule has 1 fully saturated rings. The Labute approximate surface area is 124 Å². The minimum atomic E-state index is -0.875. The SMILES string of the molecule is CCC1C(=O)NC(C)(C)C(=O)N1C1COc2ccccc21. The first-order valence-electron chi connectivity index (χ1n) is 7.32. The molecule has 2 amide bonds. The van der Waals surface area contributed by atoms with E-state index in [0.29, 0.717) is 13.0 Å². The summed E-state index contributed by atoms with van der Waals surface area (Å²) in [4.78, 5) is 26.8. The Hall–Kier alpha value is -2.04. The standard InChI is InChI=1S/C16H20N2O3/c1-4-11-14(19)17-16(2,3)15(20)18(11)12-9-21-13-8-6-5-7-10(12)13/h5-8,11-12H,4,9H2,1-3H3,(H,17,19). The number of nitrogens with zero attached hydrogens (tertiary/aromatic N) is 1. The van der Waals surface area contributed by atoms with Crippen molar-refractivity contribution in [3.63, 3.8) is 0 Å². The number of fused-ring (bicyclic) bond motifs is 1. The smallest absolute Gasteiger partial charge is 0.249 e. The minimum Gasteiger partial charge on any atom is -0.491 e. The maximum atomic E-state index is 12.8. The highest BCUT2D eigenvalue weighted by Gasteiger charge is 2.49. The van der Waals surface area contributed by atoms with Crippen molar-refractivity contribution in [1.82, 2.24) is 10.2 Å². The van der Waals surface area contributed by atoms with Crippen LogP contribution in [-0.4, -0.2) is 34.9 Å². The molecule has 1 aromatic carbocycles. The number of amides is 2. The van der Waals surface area contributed by atoms with Crippen LogP contribution in [0.2, 0.25) is 0 Å². The fraction of sp³-hybridized carbons (Fsp3) is 0.500. The van der Waals surface area contributed by atoms with Crippen LogP contribution in [-0.2, 0) is 9.59 Å². The van der Waals surface area contributed by atoms with E-state index in [0.717, 1.165) is 11.3 Å². The quantitative estimate of drug-likeness (QED) is 0.900. The van der Waals surface area contributed by atoms with E-state index in [9.17, 15) is 9.59 Å². The lowest BCUT2D eigenvalue weighted by Crippen LogP contribution is -2.68. The zero-order valence-electron chi connectivity index (χ0n) is 12.6. The van der Waals surface area contributed by atoms with Gasteiger partial charge in [-0.3, -0.25) is 9.59 Å². The predicted octanol–water partition coefficient (Wildman–Crippen LogP) is 1.64. The van der Waals surface area contributed by atoms with Crippen molar-refractivity contribution in [2.75, 3.05) is 6.61 Å². The number of benzene rings is 1. The molecule has 2 aliphatic heterocycles. The van der Waals surface area contributed by atoms with Crippen molar-refractivity contribution in [2.45, 2.75) is 44.8 Å². The molecule has 1 aromatic rings. The molecule has 3 rings (SSSR count). The maximum Gasteiger partial charge on any atom is 0.249 e. The molecule has 5 nitrogen and oxygen atoms in total. The number of piperazine rings is 1. The average molecular weight is 288 g/mol. The van der Waals surface area contributed by atoms with Crippen molar-refractivity contribution < 1.29 is 14.3 Å². The van der Waals surface area contributed by atoms with Gasteiger partial charge in [-0.15, -0.1) is 0 Å². The van der Waals surface area contributed by atoms with Crippen LogP contribution in [0.1, 0.15) is 38.8 Å². The predicted molar refractivity (Wildman–Crippen MR) is 77.8 cm³/mol. The average Bonchev–Trinajstić information content (AvgIpc) is 2.86. The summed E-state index contributed by atoms with van der Waals surface area (Å²) >= 11 is 0. The molecule has 5 heteroatoms. The van der Waals surface area contributed by atoms with Gasteiger partial charge in [-0.25, -0.2) is 0 Å². The summed E-state index contributed by atoms with van der Waals surface area (Å²) in [5, 5.41) is 2.81. The van der Waals surface area contributed by atoms with E-state index in [4.69, 9.17) is 4.74 Å². The molecule has 1 N–H and O–H groups in total. The van der Waals surface area contributed by atoms with E-state index in [1.807, 2.05) is 31.2 Å². The molecule has 21 heavy (non-hydrogen) atoms. The number of rotatable bonds is 2. The van der Waals surface area contributed by atoms with E-state index < -0.39 is 11.6 Å². The Morgan fingerprint density at radius 2 is 2.05 bits per heavy atom. The Morgan fingerprint density at radius 1 is 1.33 bits per heavy atom. The number of nitrogens with one attached hydrogen (secondary N) is 1. The van der Waals surface area contributed by atoms with Gasteiger partial charge >= 0.3 is 0 Å². The lowest BCUT2D eigenvalue weighted by atomic mass is 9.92. The largest absolute Gasteiger partial charge is 0.491 e. The molecule has 2 aliphatic rings. The summed E-state index contributed by atoms with van der Waals surface area (Å²) in [5.41, 5.74) is 0.107. The summed E-state index contributed by atoms with van der Waals surface area (Å²) in [6, 6.07) is 7.07. The van der Waals surface area contributed by atoms with Crippen molar-refractivity contribution in [1.29, 1.82) is 0 Å². The van der Waals surface area contributed by atoms with E-state index >= 15 is 0 Å². The normalized spacial score (nSPS) is 27.1. The first kappa shape index (κ1) is 13.9. The van der Waals surface area contributed by atoms with E-state index in [1.54, 1.807) is 18.7 Å². The van der Waals surface area contributed by atoms with Gasteiger partial charge in [-0.05, 0) is 26.3 Å². The second kappa shape index (κ2) is 4.76. The molecule has 0 radical (unpaired) electrons. The molecule has 2 heterocycles. The number of para-hydroxylation sites is 1. The Kier molecular flexibility index (Phi) is 3.15. The molecule has 2 unspecified atom stereocenters. The van der Waals surface area contributed by atoms with Crippen molar-refractivity contribution in [2.24, 2.45) is 0 Å². The Balaban J connectivity index is 2.02. The van der Waals surface area contributed by atoms with Gasteiger partial charge < -0.3 is 15.0 Å². The summed E-state index contributed by atoms with van der Waals surface area (Å²) in [6.45, 7) is 5.82. The second-order valence-electron chi connectivity index (χ2n) is 6.12. The summed E-state index contributed by atoms with van der Waals surface area (Å²) in [5.74, 6) is 0.652. The fourth-order valence-corrected chi connectivity index (χ4v) is 3.15. The van der Waals surface area contributed by atoms with Gasteiger partial charge in [0.05, 0.1) is 6.04 Å². The van der Waals surface area contributed by atoms with Crippen LogP contribution in [0.4, 0.5) is 0 Å². The van der Waals surface area contributed by atoms with Gasteiger partial charge in [-0.2, -0.15) is 0 Å². The number of carbonyl (C=O) groups excluding carboxylic acids is 2. The molecule has 0 spiro atoms. The number of carbonyl (C=O) groups is 2. The van der Waals surface area contributed by atoms with Crippen LogP contribution in [0.25, 0.3) is 0 Å². The van der Waals surface area contributed by atoms with Crippen LogP contribution in [0.15, 0.2) is 24.3 Å². The third-order valence-electron chi connectivity index (χ3n) is 4.24. The summed E-state index contributed by atoms with van der Waals surface area (Å²) in [7, 11) is 0. The van der Waals surface area contributed by atoms with Gasteiger partial charge in [-0.1, -0.05) is 25.1 Å². The topological polar surface area (TPSA) is 58.6 Å². The fourth-order valence-electron chi connectivity index (χ4n) is 3.15. The number of hydrogen-bond acceptors (Lipinski definition) is 3. The molecule has 0 aromatic heterocycles. The van der Waals surface area contributed by atoms with Crippen molar-refractivity contribution >= 4 is 11.8 Å². The number of ether oxygens (including phenoxy) is 1. The maximum absolute atomic E-state index is 12.8. The second-order valence-corrected chi connectivity index (χ2v) is 6.12. The highest BCUT2D eigenvalue weighted by molar-refractivity contribution is 5.99. The molecule has 0 aliphatic carbocycles. The molecule has 0 bridgehead atoms. The van der Waals surface area contributed by atoms with Gasteiger partial charge in [0.25, 0.3) is 0 Å². The molecule has 1 saturated heterocycles. The highest BCUT2D eigenvalue weighted by Crippen LogP contribution is 2.39. The lowest BCUT2D eigenvalue weighted by Gasteiger charge is -2.45. The molecule has 112 valence electrons. The third-order valence-corrected chi connectivity index (χ3v) is 4.24. The van der Waals surface area contributed by atoms with E-state index in [-0.39, 0.29) is 17.9 Å². The Bertz CT molecular complexity index is 597. The van der Waals surface area contributed by atoms with Gasteiger partial charge in [0.15, 0.2) is 0 Å². The van der Waals surface area contributed by atoms with Crippen molar-refractivity contribution in [3.05, 3.63) is 29.8 Å². The first-order chi connectivity index (χ1) is 9.95. The monoisotopic (exact) mass is 288 g/mol. The van der Waals surface area contributed by atoms with Gasteiger partial charge in [0, 0.05) is 5.56 Å². The van der Waals surface area contributed by atoms with Gasteiger partial charge in [0.2, 0.25) is 11.8 Å².